The van der Waals surface area contributed by atoms with Crippen molar-refractivity contribution in [2.75, 3.05) is 10.8 Å². The number of nitrogens with zero attached hydrogens (tertiary/aromatic N) is 5. The monoisotopic (exact) mass is 321 g/mol. The van der Waals surface area contributed by atoms with Gasteiger partial charge in [0.05, 0.1) is 25.0 Å². The number of aryl methyl sites for hydroxylation is 1. The molecule has 0 aromatic carbocycles. The maximum atomic E-state index is 13.1. The third kappa shape index (κ3) is 1.97. The first-order chi connectivity index (χ1) is 10.6. The predicted octanol–water partition coefficient (Wildman–Crippen LogP) is 1.48. The summed E-state index contributed by atoms with van der Waals surface area (Å²) in [6, 6.07) is 1.75. The van der Waals surface area contributed by atoms with E-state index < -0.39 is 10.0 Å². The van der Waals surface area contributed by atoms with E-state index in [2.05, 4.69) is 10.2 Å². The van der Waals surface area contributed by atoms with Crippen LogP contribution >= 0.6 is 0 Å². The fourth-order valence-corrected chi connectivity index (χ4v) is 5.26. The normalized spacial score (nSPS) is 19.0. The molecule has 0 saturated heterocycles. The van der Waals surface area contributed by atoms with Crippen LogP contribution in [0.2, 0.25) is 0 Å². The molecule has 0 radical (unpaired) electrons. The van der Waals surface area contributed by atoms with Crippen LogP contribution < -0.4 is 4.31 Å². The van der Waals surface area contributed by atoms with Gasteiger partial charge >= 0.3 is 0 Å². The summed E-state index contributed by atoms with van der Waals surface area (Å²) in [5, 5.41) is 8.61. The minimum Gasteiger partial charge on any atom is -0.274 e. The predicted molar refractivity (Wildman–Crippen MR) is 81.2 cm³/mol. The van der Waals surface area contributed by atoms with Crippen LogP contribution in [-0.4, -0.2) is 34.5 Å². The molecule has 3 heterocycles. The smallest absolute Gasteiger partial charge is 0.268 e. The van der Waals surface area contributed by atoms with Crippen molar-refractivity contribution in [3.63, 3.8) is 0 Å². The van der Waals surface area contributed by atoms with Crippen molar-refractivity contribution in [1.82, 2.24) is 19.6 Å². The van der Waals surface area contributed by atoms with Crippen molar-refractivity contribution < 1.29 is 8.42 Å². The molecule has 1 aliphatic heterocycles. The molecule has 118 valence electrons. The van der Waals surface area contributed by atoms with E-state index in [4.69, 9.17) is 0 Å². The highest BCUT2D eigenvalue weighted by Gasteiger charge is 2.36. The molecule has 1 fully saturated rings. The second-order valence-electron chi connectivity index (χ2n) is 6.02. The van der Waals surface area contributed by atoms with Crippen molar-refractivity contribution in [2.45, 2.75) is 43.0 Å². The summed E-state index contributed by atoms with van der Waals surface area (Å²) in [4.78, 5) is 0.358. The summed E-state index contributed by atoms with van der Waals surface area (Å²) in [7, 11) is -1.80. The highest BCUT2D eigenvalue weighted by molar-refractivity contribution is 7.92. The summed E-state index contributed by atoms with van der Waals surface area (Å²) in [6.07, 6.45) is 7.63. The third-order valence-corrected chi connectivity index (χ3v) is 6.42. The molecule has 7 nitrogen and oxygen atoms in total. The molecule has 0 amide bonds. The topological polar surface area (TPSA) is 73.0 Å². The molecule has 0 unspecified atom stereocenters. The van der Waals surface area contributed by atoms with Crippen molar-refractivity contribution in [2.24, 2.45) is 7.05 Å². The average Bonchev–Trinajstić information content (AvgIpc) is 3.22. The fourth-order valence-electron chi connectivity index (χ4n) is 3.54. The van der Waals surface area contributed by atoms with Crippen molar-refractivity contribution in [3.8, 4) is 0 Å². The Hall–Kier alpha value is -1.83. The Kier molecular flexibility index (Phi) is 3.04. The number of rotatable bonds is 3. The Bertz CT molecular complexity index is 801. The molecule has 0 N–H and O–H groups in total. The summed E-state index contributed by atoms with van der Waals surface area (Å²) in [5.74, 6) is 0.903. The zero-order valence-electron chi connectivity index (χ0n) is 12.5. The van der Waals surface area contributed by atoms with Crippen LogP contribution in [0.3, 0.4) is 0 Å². The first kappa shape index (κ1) is 13.8. The maximum absolute atomic E-state index is 13.1. The SMILES string of the molecule is Cn1cc(S(=O)(=O)N2CCn3nccc32)c(C2CCCC2)n1. The fraction of sp³-hybridized carbons (Fsp3) is 0.571. The van der Waals surface area contributed by atoms with E-state index in [0.29, 0.717) is 23.8 Å². The van der Waals surface area contributed by atoms with Crippen LogP contribution in [0, 0.1) is 0 Å². The van der Waals surface area contributed by atoms with E-state index in [1.54, 1.807) is 34.9 Å². The van der Waals surface area contributed by atoms with Crippen LogP contribution in [0.5, 0.6) is 0 Å². The minimum absolute atomic E-state index is 0.262. The van der Waals surface area contributed by atoms with Gasteiger partial charge in [-0.2, -0.15) is 10.2 Å². The standard InChI is InChI=1S/C14H19N5O2S/c1-17-10-12(14(16-17)11-4-2-3-5-11)22(20,21)19-9-8-18-13(19)6-7-15-18/h6-7,10-11H,2-5,8-9H2,1H3. The van der Waals surface area contributed by atoms with E-state index in [-0.39, 0.29) is 5.92 Å². The van der Waals surface area contributed by atoms with Crippen molar-refractivity contribution >= 4 is 15.8 Å². The highest BCUT2D eigenvalue weighted by atomic mass is 32.2. The van der Waals surface area contributed by atoms with E-state index in [0.717, 1.165) is 31.4 Å². The molecule has 1 saturated carbocycles. The van der Waals surface area contributed by atoms with Crippen LogP contribution in [0.15, 0.2) is 23.4 Å². The molecule has 8 heteroatoms. The van der Waals surface area contributed by atoms with Gasteiger partial charge in [-0.3, -0.25) is 4.68 Å². The number of sulfonamides is 1. The zero-order chi connectivity index (χ0) is 15.3. The summed E-state index contributed by atoms with van der Waals surface area (Å²) in [5.41, 5.74) is 0.734. The third-order valence-electron chi connectivity index (χ3n) is 4.60. The quantitative estimate of drug-likeness (QED) is 0.858. The summed E-state index contributed by atoms with van der Waals surface area (Å²) in [6.45, 7) is 1.03. The average molecular weight is 321 g/mol. The molecule has 2 aliphatic rings. The molecular weight excluding hydrogens is 302 g/mol. The Labute approximate surface area is 129 Å². The molecule has 4 rings (SSSR count). The molecule has 2 aromatic rings. The molecular formula is C14H19N5O2S. The Morgan fingerprint density at radius 3 is 2.77 bits per heavy atom. The summed E-state index contributed by atoms with van der Waals surface area (Å²) < 4.78 is 31.0. The lowest BCUT2D eigenvalue weighted by Crippen LogP contribution is -2.29. The van der Waals surface area contributed by atoms with Crippen LogP contribution in [0.25, 0.3) is 0 Å². The lowest BCUT2D eigenvalue weighted by Gasteiger charge is -2.18. The molecule has 1 aliphatic carbocycles. The molecule has 0 spiro atoms. The zero-order valence-corrected chi connectivity index (χ0v) is 13.3. The van der Waals surface area contributed by atoms with Gasteiger partial charge in [-0.1, -0.05) is 12.8 Å². The lowest BCUT2D eigenvalue weighted by molar-refractivity contribution is 0.587. The van der Waals surface area contributed by atoms with E-state index in [1.807, 2.05) is 0 Å². The van der Waals surface area contributed by atoms with Gasteiger partial charge in [0.25, 0.3) is 10.0 Å². The van der Waals surface area contributed by atoms with Gasteiger partial charge in [0.1, 0.15) is 10.7 Å². The van der Waals surface area contributed by atoms with Crippen LogP contribution in [0.4, 0.5) is 5.82 Å². The van der Waals surface area contributed by atoms with E-state index in [9.17, 15) is 8.42 Å². The Balaban J connectivity index is 1.78. The highest BCUT2D eigenvalue weighted by Crippen LogP contribution is 2.38. The maximum Gasteiger partial charge on any atom is 0.268 e. The van der Waals surface area contributed by atoms with Crippen LogP contribution in [0.1, 0.15) is 37.3 Å². The summed E-state index contributed by atoms with van der Waals surface area (Å²) >= 11 is 0. The van der Waals surface area contributed by atoms with Gasteiger partial charge in [0.2, 0.25) is 0 Å². The minimum atomic E-state index is -3.58. The van der Waals surface area contributed by atoms with Gasteiger partial charge in [0.15, 0.2) is 0 Å². The Morgan fingerprint density at radius 1 is 1.23 bits per heavy atom. The number of hydrogen-bond acceptors (Lipinski definition) is 4. The first-order valence-electron chi connectivity index (χ1n) is 7.65. The lowest BCUT2D eigenvalue weighted by atomic mass is 10.1. The van der Waals surface area contributed by atoms with Crippen molar-refractivity contribution in [3.05, 3.63) is 24.2 Å². The second kappa shape index (κ2) is 4.84. The second-order valence-corrected chi connectivity index (χ2v) is 7.85. The molecule has 22 heavy (non-hydrogen) atoms. The van der Waals surface area contributed by atoms with Crippen LogP contribution in [-0.2, 0) is 23.6 Å². The molecule has 0 bridgehead atoms. The van der Waals surface area contributed by atoms with Gasteiger partial charge in [-0.25, -0.2) is 17.4 Å². The van der Waals surface area contributed by atoms with Gasteiger partial charge in [0, 0.05) is 25.2 Å². The number of anilines is 1. The van der Waals surface area contributed by atoms with Gasteiger partial charge < -0.3 is 0 Å². The number of fused-ring (bicyclic) bond motifs is 1. The molecule has 2 aromatic heterocycles. The number of hydrogen-bond donors (Lipinski definition) is 0. The largest absolute Gasteiger partial charge is 0.274 e. The molecule has 0 atom stereocenters. The first-order valence-corrected chi connectivity index (χ1v) is 9.09. The van der Waals surface area contributed by atoms with Gasteiger partial charge in [-0.15, -0.1) is 0 Å². The van der Waals surface area contributed by atoms with Crippen molar-refractivity contribution in [1.29, 1.82) is 0 Å². The van der Waals surface area contributed by atoms with E-state index >= 15 is 0 Å². The number of aromatic nitrogens is 4. The van der Waals surface area contributed by atoms with Gasteiger partial charge in [-0.05, 0) is 12.8 Å². The Morgan fingerprint density at radius 2 is 2.00 bits per heavy atom. The van der Waals surface area contributed by atoms with E-state index in [1.165, 1.54) is 4.31 Å².